The standard InChI is InChI=1S/C28H24N4O3S/c1-20-29-30-28(32(20)24-11-3-2-4-12-24)36-27(18-31(33)34)22-14-16-25(17-15-22)35-19-23-10-7-9-21-8-5-6-13-26(21)23/h2-17,27H,18-19H2,1H3/t27-/m0/s1. The van der Waals surface area contributed by atoms with Crippen LogP contribution in [0.25, 0.3) is 16.5 Å². The number of hydrogen-bond acceptors (Lipinski definition) is 6. The molecule has 0 aliphatic heterocycles. The third-order valence-electron chi connectivity index (χ3n) is 5.90. The molecule has 0 aliphatic rings. The zero-order valence-corrected chi connectivity index (χ0v) is 20.5. The summed E-state index contributed by atoms with van der Waals surface area (Å²) in [5, 5.41) is 22.5. The number of thioether (sulfide) groups is 1. The van der Waals surface area contributed by atoms with Crippen LogP contribution in [0.15, 0.2) is 102 Å². The Labute approximate surface area is 212 Å². The Morgan fingerprint density at radius 2 is 1.64 bits per heavy atom. The molecule has 5 rings (SSSR count). The van der Waals surface area contributed by atoms with Crippen molar-refractivity contribution < 1.29 is 9.66 Å². The smallest absolute Gasteiger partial charge is 0.220 e. The third-order valence-corrected chi connectivity index (χ3v) is 7.08. The van der Waals surface area contributed by atoms with Crippen molar-refractivity contribution in [3.05, 3.63) is 124 Å². The average molecular weight is 497 g/mol. The zero-order chi connectivity index (χ0) is 24.9. The molecule has 1 atom stereocenters. The van der Waals surface area contributed by atoms with Crippen molar-refractivity contribution in [1.82, 2.24) is 14.8 Å². The van der Waals surface area contributed by atoms with Crippen molar-refractivity contribution in [3.8, 4) is 11.4 Å². The first kappa shape index (κ1) is 23.6. The van der Waals surface area contributed by atoms with Gasteiger partial charge in [-0.25, -0.2) is 0 Å². The van der Waals surface area contributed by atoms with Crippen molar-refractivity contribution in [2.75, 3.05) is 6.54 Å². The molecule has 1 heterocycles. The van der Waals surface area contributed by atoms with Crippen molar-refractivity contribution >= 4 is 22.5 Å². The highest BCUT2D eigenvalue weighted by Gasteiger charge is 2.23. The van der Waals surface area contributed by atoms with Gasteiger partial charge in [0.15, 0.2) is 5.16 Å². The number of aromatic nitrogens is 3. The van der Waals surface area contributed by atoms with E-state index in [9.17, 15) is 10.1 Å². The maximum Gasteiger partial charge on any atom is 0.220 e. The van der Waals surface area contributed by atoms with Gasteiger partial charge in [0, 0.05) is 10.6 Å². The fourth-order valence-electron chi connectivity index (χ4n) is 4.13. The number of hydrogen-bond donors (Lipinski definition) is 0. The first-order valence-corrected chi connectivity index (χ1v) is 12.4. The maximum absolute atomic E-state index is 11.5. The van der Waals surface area contributed by atoms with E-state index in [4.69, 9.17) is 4.74 Å². The van der Waals surface area contributed by atoms with Crippen molar-refractivity contribution in [3.63, 3.8) is 0 Å². The van der Waals surface area contributed by atoms with Crippen LogP contribution in [0, 0.1) is 17.0 Å². The van der Waals surface area contributed by atoms with Gasteiger partial charge < -0.3 is 4.74 Å². The van der Waals surface area contributed by atoms with E-state index >= 15 is 0 Å². The van der Waals surface area contributed by atoms with Gasteiger partial charge in [0.2, 0.25) is 6.54 Å². The van der Waals surface area contributed by atoms with Crippen LogP contribution in [0.5, 0.6) is 5.75 Å². The number of benzene rings is 4. The summed E-state index contributed by atoms with van der Waals surface area (Å²) in [6.45, 7) is 2.07. The van der Waals surface area contributed by atoms with E-state index in [1.54, 1.807) is 0 Å². The Hall–Kier alpha value is -4.17. The molecule has 0 saturated heterocycles. The van der Waals surface area contributed by atoms with Crippen LogP contribution in [0.4, 0.5) is 0 Å². The molecule has 0 aliphatic carbocycles. The normalized spacial score (nSPS) is 11.9. The molecule has 0 radical (unpaired) electrons. The van der Waals surface area contributed by atoms with Gasteiger partial charge in [0.25, 0.3) is 0 Å². The summed E-state index contributed by atoms with van der Waals surface area (Å²) in [6, 6.07) is 31.6. The van der Waals surface area contributed by atoms with E-state index in [1.165, 1.54) is 17.1 Å². The molecular formula is C28H24N4O3S. The maximum atomic E-state index is 11.5. The topological polar surface area (TPSA) is 83.1 Å². The van der Waals surface area contributed by atoms with Crippen LogP contribution < -0.4 is 4.74 Å². The predicted octanol–water partition coefficient (Wildman–Crippen LogP) is 6.42. The molecule has 0 N–H and O–H groups in total. The van der Waals surface area contributed by atoms with Crippen LogP contribution in [0.1, 0.15) is 22.2 Å². The minimum Gasteiger partial charge on any atom is -0.489 e. The first-order valence-electron chi connectivity index (χ1n) is 11.5. The second-order valence-corrected chi connectivity index (χ2v) is 9.49. The van der Waals surface area contributed by atoms with E-state index in [1.807, 2.05) is 84.3 Å². The van der Waals surface area contributed by atoms with Crippen LogP contribution in [0.2, 0.25) is 0 Å². The minimum atomic E-state index is -0.432. The van der Waals surface area contributed by atoms with E-state index < -0.39 is 5.25 Å². The van der Waals surface area contributed by atoms with Gasteiger partial charge in [-0.2, -0.15) is 0 Å². The molecule has 0 saturated carbocycles. The summed E-state index contributed by atoms with van der Waals surface area (Å²) in [5.41, 5.74) is 2.85. The number of nitrogens with zero attached hydrogens (tertiary/aromatic N) is 4. The molecule has 7 nitrogen and oxygen atoms in total. The molecule has 180 valence electrons. The Balaban J connectivity index is 1.34. The number of fused-ring (bicyclic) bond motifs is 1. The quantitative estimate of drug-likeness (QED) is 0.133. The third kappa shape index (κ3) is 5.23. The Bertz CT molecular complexity index is 1480. The molecule has 0 fully saturated rings. The van der Waals surface area contributed by atoms with Gasteiger partial charge in [-0.15, -0.1) is 10.2 Å². The SMILES string of the molecule is Cc1nnc(S[C@@H](C[N+](=O)[O-])c2ccc(OCc3cccc4ccccc34)cc2)n1-c1ccccc1. The Morgan fingerprint density at radius 3 is 2.42 bits per heavy atom. The lowest BCUT2D eigenvalue weighted by Crippen LogP contribution is -2.11. The lowest BCUT2D eigenvalue weighted by molar-refractivity contribution is -0.479. The zero-order valence-electron chi connectivity index (χ0n) is 19.7. The second kappa shape index (κ2) is 10.6. The number of nitro groups is 1. The van der Waals surface area contributed by atoms with Crippen LogP contribution in [-0.4, -0.2) is 26.2 Å². The molecule has 0 unspecified atom stereocenters. The van der Waals surface area contributed by atoms with Gasteiger partial charge in [0.1, 0.15) is 23.4 Å². The molecule has 1 aromatic heterocycles. The Kier molecular flexibility index (Phi) is 6.95. The fraction of sp³-hybridized carbons (Fsp3) is 0.143. The highest BCUT2D eigenvalue weighted by molar-refractivity contribution is 7.99. The van der Waals surface area contributed by atoms with Gasteiger partial charge in [0.05, 0.1) is 0 Å². The number of para-hydroxylation sites is 1. The van der Waals surface area contributed by atoms with E-state index in [2.05, 4.69) is 34.5 Å². The summed E-state index contributed by atoms with van der Waals surface area (Å²) in [6.07, 6.45) is 0. The van der Waals surface area contributed by atoms with E-state index in [-0.39, 0.29) is 11.5 Å². The largest absolute Gasteiger partial charge is 0.489 e. The number of rotatable bonds is 9. The summed E-state index contributed by atoms with van der Waals surface area (Å²) in [5.74, 6) is 1.43. The summed E-state index contributed by atoms with van der Waals surface area (Å²) >= 11 is 1.34. The molecule has 4 aromatic carbocycles. The Morgan fingerprint density at radius 1 is 0.917 bits per heavy atom. The van der Waals surface area contributed by atoms with Crippen molar-refractivity contribution in [2.45, 2.75) is 23.9 Å². The van der Waals surface area contributed by atoms with Gasteiger partial charge in [-0.3, -0.25) is 14.7 Å². The molecular weight excluding hydrogens is 472 g/mol. The average Bonchev–Trinajstić information content (AvgIpc) is 3.27. The lowest BCUT2D eigenvalue weighted by atomic mass is 10.1. The molecule has 0 bridgehead atoms. The monoisotopic (exact) mass is 496 g/mol. The van der Waals surface area contributed by atoms with Crippen molar-refractivity contribution in [2.24, 2.45) is 0 Å². The fourth-order valence-corrected chi connectivity index (χ4v) is 5.30. The summed E-state index contributed by atoms with van der Waals surface area (Å²) in [7, 11) is 0. The van der Waals surface area contributed by atoms with E-state index in [0.29, 0.717) is 17.5 Å². The lowest BCUT2D eigenvalue weighted by Gasteiger charge is -2.15. The van der Waals surface area contributed by atoms with Crippen LogP contribution in [0.3, 0.4) is 0 Å². The first-order chi connectivity index (χ1) is 17.6. The number of aryl methyl sites for hydroxylation is 1. The summed E-state index contributed by atoms with van der Waals surface area (Å²) in [4.78, 5) is 11.2. The highest BCUT2D eigenvalue weighted by atomic mass is 32.2. The second-order valence-electron chi connectivity index (χ2n) is 8.32. The molecule has 8 heteroatoms. The minimum absolute atomic E-state index is 0.235. The molecule has 5 aromatic rings. The molecule has 36 heavy (non-hydrogen) atoms. The van der Waals surface area contributed by atoms with E-state index in [0.717, 1.165) is 28.0 Å². The predicted molar refractivity (Wildman–Crippen MR) is 141 cm³/mol. The van der Waals surface area contributed by atoms with Crippen LogP contribution >= 0.6 is 11.8 Å². The van der Waals surface area contributed by atoms with Crippen molar-refractivity contribution in [1.29, 1.82) is 0 Å². The molecule has 0 amide bonds. The molecule has 0 spiro atoms. The van der Waals surface area contributed by atoms with Gasteiger partial charge >= 0.3 is 0 Å². The van der Waals surface area contributed by atoms with Gasteiger partial charge in [-0.05, 0) is 53.1 Å². The summed E-state index contributed by atoms with van der Waals surface area (Å²) < 4.78 is 7.96. The number of ether oxygens (including phenoxy) is 1. The van der Waals surface area contributed by atoms with Gasteiger partial charge in [-0.1, -0.05) is 84.6 Å². The highest BCUT2D eigenvalue weighted by Crippen LogP contribution is 2.36. The van der Waals surface area contributed by atoms with Crippen LogP contribution in [-0.2, 0) is 6.61 Å².